The largest absolute Gasteiger partial charge is 0.481 e. The maximum atomic E-state index is 12.0. The van der Waals surface area contributed by atoms with E-state index in [2.05, 4.69) is 0 Å². The summed E-state index contributed by atoms with van der Waals surface area (Å²) in [5, 5.41) is 17.5. The molecule has 1 heterocycles. The fraction of sp³-hybridized carbons (Fsp3) is 0.833. The van der Waals surface area contributed by atoms with E-state index < -0.39 is 12.0 Å². The normalized spacial score (nSPS) is 21.7. The average Bonchev–Trinajstić information content (AvgIpc) is 2.35. The highest BCUT2D eigenvalue weighted by Gasteiger charge is 2.26. The minimum atomic E-state index is -0.935. The molecule has 1 aliphatic heterocycles. The predicted octanol–water partition coefficient (Wildman–Crippen LogP) is -0.200. The summed E-state index contributed by atoms with van der Waals surface area (Å²) >= 11 is 0. The molecule has 0 aliphatic carbocycles. The molecule has 4 N–H and O–H groups in total. The van der Waals surface area contributed by atoms with Gasteiger partial charge in [-0.1, -0.05) is 0 Å². The standard InChI is InChI=1S/C12H22N2O4/c13-10(3-4-11(16)17)12(18)14-6-1-2-9(8-14)5-7-15/h9-10,15H,1-8,13H2,(H,16,17). The second-order valence-corrected chi connectivity index (χ2v) is 4.84. The number of hydrogen-bond acceptors (Lipinski definition) is 4. The first-order valence-electron chi connectivity index (χ1n) is 6.41. The molecule has 1 fully saturated rings. The van der Waals surface area contributed by atoms with Crippen LogP contribution in [-0.2, 0) is 9.59 Å². The third kappa shape index (κ3) is 4.62. The minimum absolute atomic E-state index is 0.0825. The number of amides is 1. The predicted molar refractivity (Wildman–Crippen MR) is 65.9 cm³/mol. The molecule has 0 aromatic rings. The van der Waals surface area contributed by atoms with Crippen LogP contribution < -0.4 is 5.73 Å². The van der Waals surface area contributed by atoms with E-state index in [9.17, 15) is 9.59 Å². The number of aliphatic hydroxyl groups excluding tert-OH is 1. The van der Waals surface area contributed by atoms with Gasteiger partial charge in [0, 0.05) is 26.1 Å². The fourth-order valence-corrected chi connectivity index (χ4v) is 2.32. The Kier molecular flexibility index (Phi) is 6.07. The monoisotopic (exact) mass is 258 g/mol. The van der Waals surface area contributed by atoms with E-state index in [1.54, 1.807) is 4.90 Å². The first-order valence-corrected chi connectivity index (χ1v) is 6.41. The molecule has 1 rings (SSSR count). The van der Waals surface area contributed by atoms with Crippen LogP contribution in [0.4, 0.5) is 0 Å². The molecule has 0 radical (unpaired) electrons. The second-order valence-electron chi connectivity index (χ2n) is 4.84. The lowest BCUT2D eigenvalue weighted by molar-refractivity contribution is -0.138. The van der Waals surface area contributed by atoms with E-state index in [0.29, 0.717) is 25.4 Å². The number of piperidine rings is 1. The van der Waals surface area contributed by atoms with E-state index >= 15 is 0 Å². The molecule has 0 spiro atoms. The van der Waals surface area contributed by atoms with Gasteiger partial charge in [0.2, 0.25) is 5.91 Å². The van der Waals surface area contributed by atoms with Crippen molar-refractivity contribution < 1.29 is 19.8 Å². The summed E-state index contributed by atoms with van der Waals surface area (Å²) in [7, 11) is 0. The van der Waals surface area contributed by atoms with Crippen molar-refractivity contribution in [1.82, 2.24) is 4.90 Å². The van der Waals surface area contributed by atoms with Crippen molar-refractivity contribution in [1.29, 1.82) is 0 Å². The number of hydrogen-bond donors (Lipinski definition) is 3. The van der Waals surface area contributed by atoms with E-state index in [-0.39, 0.29) is 25.4 Å². The molecule has 18 heavy (non-hydrogen) atoms. The summed E-state index contributed by atoms with van der Waals surface area (Å²) in [6.07, 6.45) is 2.74. The van der Waals surface area contributed by atoms with Crippen LogP contribution in [0, 0.1) is 5.92 Å². The van der Waals surface area contributed by atoms with Gasteiger partial charge in [0.25, 0.3) is 0 Å². The van der Waals surface area contributed by atoms with Crippen LogP contribution in [0.2, 0.25) is 0 Å². The maximum absolute atomic E-state index is 12.0. The van der Waals surface area contributed by atoms with Crippen molar-refractivity contribution in [3.05, 3.63) is 0 Å². The van der Waals surface area contributed by atoms with Crippen LogP contribution in [0.1, 0.15) is 32.1 Å². The van der Waals surface area contributed by atoms with E-state index in [1.807, 2.05) is 0 Å². The van der Waals surface area contributed by atoms with Gasteiger partial charge in [-0.25, -0.2) is 0 Å². The summed E-state index contributed by atoms with van der Waals surface area (Å²) in [4.78, 5) is 24.1. The Balaban J connectivity index is 2.42. The lowest BCUT2D eigenvalue weighted by Crippen LogP contribution is -2.48. The van der Waals surface area contributed by atoms with Crippen molar-refractivity contribution in [2.45, 2.75) is 38.1 Å². The van der Waals surface area contributed by atoms with Gasteiger partial charge in [-0.05, 0) is 31.6 Å². The Hall–Kier alpha value is -1.14. The van der Waals surface area contributed by atoms with Crippen molar-refractivity contribution in [2.75, 3.05) is 19.7 Å². The third-order valence-corrected chi connectivity index (χ3v) is 3.35. The van der Waals surface area contributed by atoms with E-state index in [4.69, 9.17) is 15.9 Å². The number of carboxylic acids is 1. The van der Waals surface area contributed by atoms with Crippen molar-refractivity contribution >= 4 is 11.9 Å². The number of nitrogens with zero attached hydrogens (tertiary/aromatic N) is 1. The topological polar surface area (TPSA) is 104 Å². The van der Waals surface area contributed by atoms with Gasteiger partial charge in [0.1, 0.15) is 0 Å². The first-order chi connectivity index (χ1) is 8.54. The van der Waals surface area contributed by atoms with Crippen LogP contribution in [-0.4, -0.2) is 52.7 Å². The minimum Gasteiger partial charge on any atom is -0.481 e. The molecule has 0 bridgehead atoms. The number of carboxylic acid groups (broad SMARTS) is 1. The lowest BCUT2D eigenvalue weighted by Gasteiger charge is -2.34. The zero-order chi connectivity index (χ0) is 13.5. The number of aliphatic hydroxyl groups is 1. The molecule has 0 aromatic heterocycles. The molecule has 6 nitrogen and oxygen atoms in total. The summed E-state index contributed by atoms with van der Waals surface area (Å²) in [5.74, 6) is -0.770. The number of carbonyl (C=O) groups excluding carboxylic acids is 1. The Bertz CT molecular complexity index is 294. The highest BCUT2D eigenvalue weighted by Crippen LogP contribution is 2.20. The molecule has 0 saturated carbocycles. The van der Waals surface area contributed by atoms with Gasteiger partial charge in [-0.15, -0.1) is 0 Å². The molecule has 2 unspecified atom stereocenters. The van der Waals surface area contributed by atoms with Crippen LogP contribution >= 0.6 is 0 Å². The summed E-state index contributed by atoms with van der Waals surface area (Å²) in [6, 6.07) is -0.728. The molecule has 1 aliphatic rings. The number of carbonyl (C=O) groups is 2. The summed E-state index contributed by atoms with van der Waals surface area (Å²) < 4.78 is 0. The molecular weight excluding hydrogens is 236 g/mol. The number of nitrogens with two attached hydrogens (primary N) is 1. The molecule has 1 amide bonds. The summed E-state index contributed by atoms with van der Waals surface area (Å²) in [6.45, 7) is 1.44. The number of likely N-dealkylation sites (tertiary alicyclic amines) is 1. The Morgan fingerprint density at radius 1 is 1.44 bits per heavy atom. The van der Waals surface area contributed by atoms with E-state index in [0.717, 1.165) is 12.8 Å². The molecule has 6 heteroatoms. The smallest absolute Gasteiger partial charge is 0.303 e. The number of aliphatic carboxylic acids is 1. The zero-order valence-corrected chi connectivity index (χ0v) is 10.5. The third-order valence-electron chi connectivity index (χ3n) is 3.35. The van der Waals surface area contributed by atoms with Gasteiger partial charge in [0.05, 0.1) is 6.04 Å². The van der Waals surface area contributed by atoms with Crippen molar-refractivity contribution in [2.24, 2.45) is 11.7 Å². The zero-order valence-electron chi connectivity index (χ0n) is 10.5. The van der Waals surface area contributed by atoms with Crippen LogP contribution in [0.15, 0.2) is 0 Å². The second kappa shape index (κ2) is 7.33. The lowest BCUT2D eigenvalue weighted by atomic mass is 9.94. The maximum Gasteiger partial charge on any atom is 0.303 e. The Labute approximate surface area is 107 Å². The van der Waals surface area contributed by atoms with Crippen molar-refractivity contribution in [3.63, 3.8) is 0 Å². The van der Waals surface area contributed by atoms with Gasteiger partial charge < -0.3 is 20.8 Å². The Morgan fingerprint density at radius 2 is 2.17 bits per heavy atom. The average molecular weight is 258 g/mol. The van der Waals surface area contributed by atoms with Crippen LogP contribution in [0.3, 0.4) is 0 Å². The first kappa shape index (κ1) is 14.9. The molecule has 2 atom stereocenters. The van der Waals surface area contributed by atoms with E-state index in [1.165, 1.54) is 0 Å². The molecule has 104 valence electrons. The van der Waals surface area contributed by atoms with Crippen LogP contribution in [0.5, 0.6) is 0 Å². The quantitative estimate of drug-likeness (QED) is 0.612. The number of rotatable bonds is 6. The SMILES string of the molecule is NC(CCC(=O)O)C(=O)N1CCCC(CCO)C1. The summed E-state index contributed by atoms with van der Waals surface area (Å²) in [5.41, 5.74) is 5.71. The highest BCUT2D eigenvalue weighted by atomic mass is 16.4. The van der Waals surface area contributed by atoms with Gasteiger partial charge in [-0.2, -0.15) is 0 Å². The highest BCUT2D eigenvalue weighted by molar-refractivity contribution is 5.82. The van der Waals surface area contributed by atoms with Crippen molar-refractivity contribution in [3.8, 4) is 0 Å². The Morgan fingerprint density at radius 3 is 2.78 bits per heavy atom. The van der Waals surface area contributed by atoms with Crippen LogP contribution in [0.25, 0.3) is 0 Å². The fourth-order valence-electron chi connectivity index (χ4n) is 2.32. The van der Waals surface area contributed by atoms with Gasteiger partial charge in [0.15, 0.2) is 0 Å². The van der Waals surface area contributed by atoms with Gasteiger partial charge >= 0.3 is 5.97 Å². The molecule has 0 aromatic carbocycles. The van der Waals surface area contributed by atoms with Gasteiger partial charge in [-0.3, -0.25) is 9.59 Å². The molecular formula is C12H22N2O4. The molecule has 1 saturated heterocycles.